The molecule has 2 N–H and O–H groups in total. The Morgan fingerprint density at radius 2 is 2.33 bits per heavy atom. The van der Waals surface area contributed by atoms with E-state index in [1.54, 1.807) is 6.21 Å². The van der Waals surface area contributed by atoms with Crippen molar-refractivity contribution in [1.82, 2.24) is 10.7 Å². The summed E-state index contributed by atoms with van der Waals surface area (Å²) in [7, 11) is 0. The summed E-state index contributed by atoms with van der Waals surface area (Å²) in [5.41, 5.74) is 4.55. The fourth-order valence-corrected chi connectivity index (χ4v) is 2.56. The minimum absolute atomic E-state index is 0.0749. The third kappa shape index (κ3) is 3.13. The number of carbonyl (C=O) groups is 1. The van der Waals surface area contributed by atoms with Crippen molar-refractivity contribution in [2.24, 2.45) is 5.10 Å². The lowest BCUT2D eigenvalue weighted by Crippen LogP contribution is -2.38. The van der Waals surface area contributed by atoms with Gasteiger partial charge in [0.05, 0.1) is 12.3 Å². The number of rotatable bonds is 3. The van der Waals surface area contributed by atoms with Gasteiger partial charge in [0.2, 0.25) is 0 Å². The van der Waals surface area contributed by atoms with E-state index in [4.69, 9.17) is 4.74 Å². The van der Waals surface area contributed by atoms with Gasteiger partial charge >= 0.3 is 0 Å². The number of amides is 1. The predicted octanol–water partition coefficient (Wildman–Crippen LogP) is 1.70. The first-order valence-corrected chi connectivity index (χ1v) is 7.27. The second-order valence-electron chi connectivity index (χ2n) is 5.33. The van der Waals surface area contributed by atoms with E-state index < -0.39 is 0 Å². The molecular formula is C16H19N3O2. The van der Waals surface area contributed by atoms with Crippen molar-refractivity contribution in [3.8, 4) is 5.75 Å². The summed E-state index contributed by atoms with van der Waals surface area (Å²) in [5.74, 6) is 0.801. The largest absolute Gasteiger partial charge is 0.485 e. The summed E-state index contributed by atoms with van der Waals surface area (Å²) in [5, 5.41) is 7.19. The highest BCUT2D eigenvalue weighted by atomic mass is 16.5. The van der Waals surface area contributed by atoms with E-state index in [-0.39, 0.29) is 18.1 Å². The van der Waals surface area contributed by atoms with Gasteiger partial charge in [-0.05, 0) is 38.5 Å². The Bertz CT molecular complexity index is 589. The fourth-order valence-electron chi connectivity index (χ4n) is 2.56. The predicted molar refractivity (Wildman–Crippen MR) is 82.2 cm³/mol. The van der Waals surface area contributed by atoms with E-state index in [0.29, 0.717) is 0 Å². The van der Waals surface area contributed by atoms with Crippen LogP contribution in [0.5, 0.6) is 5.75 Å². The number of fused-ring (bicyclic) bond motifs is 1. The maximum absolute atomic E-state index is 11.8. The van der Waals surface area contributed by atoms with E-state index in [0.717, 1.165) is 36.3 Å². The molecule has 1 aromatic carbocycles. The van der Waals surface area contributed by atoms with Crippen LogP contribution in [0.15, 0.2) is 34.9 Å². The monoisotopic (exact) mass is 285 g/mol. The standard InChI is InChI=1S/C16H19N3O2/c1-11-13(9-12-5-2-3-7-15(12)21-11)10-18-19-16(20)14-6-4-8-17-14/h2-3,5,7,9-11,14,17H,4,6,8H2,1H3,(H,19,20)/b18-10-/t11-,14+/m1/s1. The van der Waals surface area contributed by atoms with Crippen LogP contribution in [0.4, 0.5) is 0 Å². The van der Waals surface area contributed by atoms with Crippen molar-refractivity contribution in [3.05, 3.63) is 35.4 Å². The van der Waals surface area contributed by atoms with Crippen LogP contribution in [0.1, 0.15) is 25.3 Å². The Labute approximate surface area is 124 Å². The van der Waals surface area contributed by atoms with Crippen molar-refractivity contribution in [2.45, 2.75) is 31.9 Å². The van der Waals surface area contributed by atoms with Crippen LogP contribution in [0.2, 0.25) is 0 Å². The van der Waals surface area contributed by atoms with Gasteiger partial charge in [-0.25, -0.2) is 5.43 Å². The van der Waals surface area contributed by atoms with Gasteiger partial charge in [0.15, 0.2) is 0 Å². The average Bonchev–Trinajstić information content (AvgIpc) is 3.02. The number of para-hydroxylation sites is 1. The van der Waals surface area contributed by atoms with Crippen molar-refractivity contribution < 1.29 is 9.53 Å². The molecule has 110 valence electrons. The van der Waals surface area contributed by atoms with Crippen LogP contribution >= 0.6 is 0 Å². The normalized spacial score (nSPS) is 24.3. The SMILES string of the molecule is C[C@H]1Oc2ccccc2C=C1/C=N\NC(=O)[C@@H]1CCCN1. The number of nitrogens with zero attached hydrogens (tertiary/aromatic N) is 1. The fraction of sp³-hybridized carbons (Fsp3) is 0.375. The maximum atomic E-state index is 11.8. The molecule has 1 fully saturated rings. The summed E-state index contributed by atoms with van der Waals surface area (Å²) in [6, 6.07) is 7.75. The second kappa shape index (κ2) is 6.10. The average molecular weight is 285 g/mol. The van der Waals surface area contributed by atoms with Crippen LogP contribution in [-0.2, 0) is 4.79 Å². The summed E-state index contributed by atoms with van der Waals surface area (Å²) in [6.07, 6.45) is 5.52. The number of carbonyl (C=O) groups excluding carboxylic acids is 1. The van der Waals surface area contributed by atoms with Gasteiger partial charge in [-0.2, -0.15) is 5.10 Å². The van der Waals surface area contributed by atoms with Gasteiger partial charge in [-0.3, -0.25) is 4.79 Å². The van der Waals surface area contributed by atoms with Gasteiger partial charge in [0.1, 0.15) is 11.9 Å². The summed E-state index contributed by atoms with van der Waals surface area (Å²) in [4.78, 5) is 11.8. The molecule has 2 aliphatic rings. The molecule has 5 heteroatoms. The van der Waals surface area contributed by atoms with Crippen molar-refractivity contribution in [2.75, 3.05) is 6.54 Å². The second-order valence-corrected chi connectivity index (χ2v) is 5.33. The molecule has 0 aromatic heterocycles. The molecule has 0 bridgehead atoms. The zero-order chi connectivity index (χ0) is 14.7. The highest BCUT2D eigenvalue weighted by Crippen LogP contribution is 2.28. The highest BCUT2D eigenvalue weighted by molar-refractivity contribution is 5.90. The molecule has 0 saturated carbocycles. The van der Waals surface area contributed by atoms with Gasteiger partial charge < -0.3 is 10.1 Å². The lowest BCUT2D eigenvalue weighted by Gasteiger charge is -2.22. The number of nitrogens with one attached hydrogen (secondary N) is 2. The van der Waals surface area contributed by atoms with E-state index in [1.807, 2.05) is 37.3 Å². The third-order valence-electron chi connectivity index (χ3n) is 3.78. The molecule has 0 aliphatic carbocycles. The molecule has 1 aromatic rings. The molecule has 2 atom stereocenters. The molecule has 21 heavy (non-hydrogen) atoms. The van der Waals surface area contributed by atoms with E-state index in [1.165, 1.54) is 0 Å². The summed E-state index contributed by atoms with van der Waals surface area (Å²) < 4.78 is 5.82. The van der Waals surface area contributed by atoms with E-state index in [9.17, 15) is 4.79 Å². The molecular weight excluding hydrogens is 266 g/mol. The van der Waals surface area contributed by atoms with Gasteiger partial charge in [-0.1, -0.05) is 18.2 Å². The van der Waals surface area contributed by atoms with Gasteiger partial charge in [0.25, 0.3) is 5.91 Å². The molecule has 0 radical (unpaired) electrons. The first-order valence-electron chi connectivity index (χ1n) is 7.27. The molecule has 2 aliphatic heterocycles. The topological polar surface area (TPSA) is 62.7 Å². The highest BCUT2D eigenvalue weighted by Gasteiger charge is 2.21. The number of ether oxygens (including phenoxy) is 1. The Balaban J connectivity index is 1.65. The van der Waals surface area contributed by atoms with E-state index >= 15 is 0 Å². The van der Waals surface area contributed by atoms with Crippen LogP contribution in [0.25, 0.3) is 6.08 Å². The molecule has 0 unspecified atom stereocenters. The first-order chi connectivity index (χ1) is 10.2. The van der Waals surface area contributed by atoms with Crippen LogP contribution in [-0.4, -0.2) is 30.8 Å². The molecule has 2 heterocycles. The lowest BCUT2D eigenvalue weighted by atomic mass is 10.0. The zero-order valence-electron chi connectivity index (χ0n) is 12.0. The van der Waals surface area contributed by atoms with Crippen molar-refractivity contribution in [1.29, 1.82) is 0 Å². The molecule has 1 saturated heterocycles. The maximum Gasteiger partial charge on any atom is 0.257 e. The number of benzene rings is 1. The summed E-state index contributed by atoms with van der Waals surface area (Å²) in [6.45, 7) is 2.86. The number of hydrazone groups is 1. The van der Waals surface area contributed by atoms with Crippen LogP contribution < -0.4 is 15.5 Å². The Hall–Kier alpha value is -2.14. The quantitative estimate of drug-likeness (QED) is 0.656. The van der Waals surface area contributed by atoms with Crippen molar-refractivity contribution in [3.63, 3.8) is 0 Å². The minimum Gasteiger partial charge on any atom is -0.485 e. The minimum atomic E-state index is -0.114. The zero-order valence-corrected chi connectivity index (χ0v) is 12.0. The molecule has 5 nitrogen and oxygen atoms in total. The van der Waals surface area contributed by atoms with Gasteiger partial charge in [-0.15, -0.1) is 0 Å². The molecule has 1 amide bonds. The number of hydrogen-bond acceptors (Lipinski definition) is 4. The van der Waals surface area contributed by atoms with Crippen molar-refractivity contribution >= 4 is 18.2 Å². The molecule has 0 spiro atoms. The third-order valence-corrected chi connectivity index (χ3v) is 3.78. The summed E-state index contributed by atoms with van der Waals surface area (Å²) >= 11 is 0. The Kier molecular flexibility index (Phi) is 4.01. The van der Waals surface area contributed by atoms with Gasteiger partial charge in [0, 0.05) is 11.1 Å². The Morgan fingerprint density at radius 3 is 3.14 bits per heavy atom. The van der Waals surface area contributed by atoms with Crippen LogP contribution in [0.3, 0.4) is 0 Å². The number of hydrogen-bond donors (Lipinski definition) is 2. The van der Waals surface area contributed by atoms with E-state index in [2.05, 4.69) is 15.8 Å². The molecule has 3 rings (SSSR count). The Morgan fingerprint density at radius 1 is 1.48 bits per heavy atom. The van der Waals surface area contributed by atoms with Crippen LogP contribution in [0, 0.1) is 0 Å². The smallest absolute Gasteiger partial charge is 0.257 e. The first kappa shape index (κ1) is 13.8. The lowest BCUT2D eigenvalue weighted by molar-refractivity contribution is -0.122.